The molecule has 0 unspecified atom stereocenters. The van der Waals surface area contributed by atoms with E-state index >= 15 is 0 Å². The molecule has 0 aliphatic carbocycles. The van der Waals surface area contributed by atoms with Crippen LogP contribution in [0, 0.1) is 0 Å². The van der Waals surface area contributed by atoms with Crippen molar-refractivity contribution in [2.75, 3.05) is 0 Å². The third kappa shape index (κ3) is 3.36. The van der Waals surface area contributed by atoms with Crippen LogP contribution in [0.3, 0.4) is 0 Å². The fraction of sp³-hybridized carbons (Fsp3) is 0.467. The molecule has 0 aliphatic heterocycles. The van der Waals surface area contributed by atoms with Gasteiger partial charge >= 0.3 is 0 Å². The quantitative estimate of drug-likeness (QED) is 0.931. The lowest BCUT2D eigenvalue weighted by Crippen LogP contribution is -2.15. The van der Waals surface area contributed by atoms with Gasteiger partial charge in [-0.2, -0.15) is 5.10 Å². The predicted molar refractivity (Wildman–Crippen MR) is 78.8 cm³/mol. The van der Waals surface area contributed by atoms with Crippen LogP contribution in [0.2, 0.25) is 0 Å². The predicted octanol–water partition coefficient (Wildman–Crippen LogP) is 2.85. The molecule has 0 spiro atoms. The maximum absolute atomic E-state index is 5.79. The van der Waals surface area contributed by atoms with Crippen LogP contribution in [0.25, 0.3) is 0 Å². The average molecular weight is 274 g/mol. The molecule has 5 nitrogen and oxygen atoms in total. The van der Waals surface area contributed by atoms with Crippen LogP contribution in [-0.2, 0) is 18.5 Å². The Balaban J connectivity index is 2.31. The number of ether oxygens (including phenoxy) is 1. The van der Waals surface area contributed by atoms with Crippen molar-refractivity contribution in [2.24, 2.45) is 5.73 Å². The van der Waals surface area contributed by atoms with Crippen molar-refractivity contribution in [1.29, 1.82) is 0 Å². The van der Waals surface area contributed by atoms with E-state index in [1.807, 2.05) is 29.9 Å². The van der Waals surface area contributed by atoms with E-state index in [9.17, 15) is 0 Å². The van der Waals surface area contributed by atoms with Crippen LogP contribution < -0.4 is 10.5 Å². The molecular weight excluding hydrogens is 252 g/mol. The molecule has 0 aromatic carbocycles. The maximum Gasteiger partial charge on any atom is 0.219 e. The van der Waals surface area contributed by atoms with Crippen LogP contribution in [0.4, 0.5) is 0 Å². The SMILES string of the molecule is CCn1cc(Oc2cc(CN)cc(C(C)(C)C)n2)cn1. The molecule has 2 rings (SSSR count). The second-order valence-electron chi connectivity index (χ2n) is 5.79. The lowest BCUT2D eigenvalue weighted by atomic mass is 9.91. The summed E-state index contributed by atoms with van der Waals surface area (Å²) in [5, 5.41) is 4.18. The fourth-order valence-electron chi connectivity index (χ4n) is 1.80. The van der Waals surface area contributed by atoms with Gasteiger partial charge in [-0.3, -0.25) is 4.68 Å². The van der Waals surface area contributed by atoms with Gasteiger partial charge in [0.25, 0.3) is 0 Å². The largest absolute Gasteiger partial charge is 0.436 e. The van der Waals surface area contributed by atoms with Gasteiger partial charge in [0.1, 0.15) is 0 Å². The summed E-state index contributed by atoms with van der Waals surface area (Å²) < 4.78 is 7.60. The molecular formula is C15H22N4O. The summed E-state index contributed by atoms with van der Waals surface area (Å²) in [7, 11) is 0. The number of pyridine rings is 1. The van der Waals surface area contributed by atoms with Crippen molar-refractivity contribution in [3.63, 3.8) is 0 Å². The smallest absolute Gasteiger partial charge is 0.219 e. The monoisotopic (exact) mass is 274 g/mol. The van der Waals surface area contributed by atoms with Gasteiger partial charge in [0.15, 0.2) is 5.75 Å². The van der Waals surface area contributed by atoms with Gasteiger partial charge in [-0.15, -0.1) is 0 Å². The lowest BCUT2D eigenvalue weighted by Gasteiger charge is -2.19. The van der Waals surface area contributed by atoms with Crippen molar-refractivity contribution >= 4 is 0 Å². The van der Waals surface area contributed by atoms with Gasteiger partial charge in [0.05, 0.1) is 18.1 Å². The summed E-state index contributed by atoms with van der Waals surface area (Å²) in [6, 6.07) is 3.90. The highest BCUT2D eigenvalue weighted by Gasteiger charge is 2.17. The fourth-order valence-corrected chi connectivity index (χ4v) is 1.80. The summed E-state index contributed by atoms with van der Waals surface area (Å²) in [4.78, 5) is 4.57. The lowest BCUT2D eigenvalue weighted by molar-refractivity contribution is 0.449. The molecule has 0 saturated carbocycles. The van der Waals surface area contributed by atoms with Crippen molar-refractivity contribution in [2.45, 2.75) is 46.2 Å². The molecule has 5 heteroatoms. The second-order valence-corrected chi connectivity index (χ2v) is 5.79. The Morgan fingerprint density at radius 3 is 2.60 bits per heavy atom. The zero-order valence-corrected chi connectivity index (χ0v) is 12.6. The number of nitrogens with two attached hydrogens (primary N) is 1. The number of aryl methyl sites for hydroxylation is 1. The summed E-state index contributed by atoms with van der Waals surface area (Å²) in [5.74, 6) is 1.25. The standard InChI is InChI=1S/C15H22N4O/c1-5-19-10-12(9-17-19)20-14-7-11(8-16)6-13(18-14)15(2,3)4/h6-7,9-10H,5,8,16H2,1-4H3. The van der Waals surface area contributed by atoms with Crippen LogP contribution >= 0.6 is 0 Å². The van der Waals surface area contributed by atoms with Gasteiger partial charge < -0.3 is 10.5 Å². The third-order valence-corrected chi connectivity index (χ3v) is 3.02. The number of hydrogen-bond donors (Lipinski definition) is 1. The average Bonchev–Trinajstić information content (AvgIpc) is 2.85. The first-order valence-corrected chi connectivity index (χ1v) is 6.84. The van der Waals surface area contributed by atoms with Crippen molar-refractivity contribution in [1.82, 2.24) is 14.8 Å². The highest BCUT2D eigenvalue weighted by Crippen LogP contribution is 2.26. The van der Waals surface area contributed by atoms with Gasteiger partial charge in [-0.1, -0.05) is 20.8 Å². The molecule has 0 radical (unpaired) electrons. The topological polar surface area (TPSA) is 66.0 Å². The Bertz CT molecular complexity index is 584. The summed E-state index contributed by atoms with van der Waals surface area (Å²) in [6.45, 7) is 9.67. The zero-order valence-electron chi connectivity index (χ0n) is 12.6. The van der Waals surface area contributed by atoms with Crippen LogP contribution in [0.5, 0.6) is 11.6 Å². The molecule has 0 amide bonds. The number of nitrogens with zero attached hydrogens (tertiary/aromatic N) is 3. The first-order valence-electron chi connectivity index (χ1n) is 6.84. The first kappa shape index (κ1) is 14.5. The molecule has 0 fully saturated rings. The minimum Gasteiger partial charge on any atom is -0.436 e. The van der Waals surface area contributed by atoms with E-state index in [4.69, 9.17) is 10.5 Å². The normalized spacial score (nSPS) is 11.7. The molecule has 2 aromatic rings. The molecule has 2 N–H and O–H groups in total. The number of rotatable bonds is 4. The minimum absolute atomic E-state index is 0.0448. The minimum atomic E-state index is -0.0448. The Morgan fingerprint density at radius 2 is 2.05 bits per heavy atom. The zero-order chi connectivity index (χ0) is 14.8. The van der Waals surface area contributed by atoms with Gasteiger partial charge in [0, 0.05) is 24.6 Å². The number of hydrogen-bond acceptors (Lipinski definition) is 4. The van der Waals surface area contributed by atoms with Crippen LogP contribution in [0.1, 0.15) is 39.0 Å². The summed E-state index contributed by atoms with van der Waals surface area (Å²) in [5.41, 5.74) is 7.69. The molecule has 0 saturated heterocycles. The Morgan fingerprint density at radius 1 is 1.30 bits per heavy atom. The molecule has 108 valence electrons. The van der Waals surface area contributed by atoms with Crippen molar-refractivity contribution in [3.05, 3.63) is 35.8 Å². The van der Waals surface area contributed by atoms with E-state index in [0.29, 0.717) is 18.2 Å². The summed E-state index contributed by atoms with van der Waals surface area (Å²) >= 11 is 0. The van der Waals surface area contributed by atoms with E-state index in [-0.39, 0.29) is 5.41 Å². The third-order valence-electron chi connectivity index (χ3n) is 3.02. The Hall–Kier alpha value is -1.88. The number of aromatic nitrogens is 3. The molecule has 0 aliphatic rings. The van der Waals surface area contributed by atoms with Crippen molar-refractivity contribution < 1.29 is 4.74 Å². The van der Waals surface area contributed by atoms with Crippen LogP contribution in [-0.4, -0.2) is 14.8 Å². The second kappa shape index (κ2) is 5.63. The van der Waals surface area contributed by atoms with Gasteiger partial charge in [-0.05, 0) is 18.6 Å². The molecule has 2 heterocycles. The van der Waals surface area contributed by atoms with Crippen LogP contribution in [0.15, 0.2) is 24.5 Å². The molecule has 0 bridgehead atoms. The Kier molecular flexibility index (Phi) is 4.09. The van der Waals surface area contributed by atoms with Crippen molar-refractivity contribution in [3.8, 4) is 11.6 Å². The van der Waals surface area contributed by atoms with Gasteiger partial charge in [0.2, 0.25) is 5.88 Å². The Labute approximate surface area is 119 Å². The van der Waals surface area contributed by atoms with Gasteiger partial charge in [-0.25, -0.2) is 4.98 Å². The van der Waals surface area contributed by atoms with E-state index in [2.05, 4.69) is 30.9 Å². The highest BCUT2D eigenvalue weighted by atomic mass is 16.5. The van der Waals surface area contributed by atoms with E-state index in [0.717, 1.165) is 17.8 Å². The van der Waals surface area contributed by atoms with E-state index in [1.54, 1.807) is 6.20 Å². The molecule has 0 atom stereocenters. The highest BCUT2D eigenvalue weighted by molar-refractivity contribution is 5.31. The molecule has 20 heavy (non-hydrogen) atoms. The summed E-state index contributed by atoms with van der Waals surface area (Å²) in [6.07, 6.45) is 3.55. The first-order chi connectivity index (χ1) is 9.42. The van der Waals surface area contributed by atoms with E-state index < -0.39 is 0 Å². The van der Waals surface area contributed by atoms with E-state index in [1.165, 1.54) is 0 Å². The molecule has 2 aromatic heterocycles. The maximum atomic E-state index is 5.79.